The number of carbonyl (C=O) groups excluding carboxylic acids is 1. The quantitative estimate of drug-likeness (QED) is 0.701. The number of carbonyl (C=O) groups is 1. The van der Waals surface area contributed by atoms with Crippen molar-refractivity contribution in [1.82, 2.24) is 9.78 Å². The van der Waals surface area contributed by atoms with E-state index in [1.54, 1.807) is 18.3 Å². The van der Waals surface area contributed by atoms with Crippen molar-refractivity contribution in [2.45, 2.75) is 12.7 Å². The van der Waals surface area contributed by atoms with Crippen LogP contribution in [0.15, 0.2) is 60.8 Å². The second kappa shape index (κ2) is 6.99. The number of nitrogens with zero attached hydrogens (tertiary/aromatic N) is 2. The van der Waals surface area contributed by atoms with Gasteiger partial charge in [0.2, 0.25) is 0 Å². The first-order chi connectivity index (χ1) is 12.3. The summed E-state index contributed by atoms with van der Waals surface area (Å²) < 4.78 is 52.8. The molecular weight excluding hydrogens is 350 g/mol. The minimum atomic E-state index is -4.52. The molecule has 1 aromatic heterocycles. The second-order valence-electron chi connectivity index (χ2n) is 5.56. The van der Waals surface area contributed by atoms with Gasteiger partial charge in [-0.2, -0.15) is 18.3 Å². The van der Waals surface area contributed by atoms with Crippen LogP contribution in [0.1, 0.15) is 21.5 Å². The van der Waals surface area contributed by atoms with Crippen LogP contribution >= 0.6 is 0 Å². The van der Waals surface area contributed by atoms with Gasteiger partial charge in [-0.15, -0.1) is 0 Å². The van der Waals surface area contributed by atoms with E-state index >= 15 is 0 Å². The molecule has 1 heterocycles. The van der Waals surface area contributed by atoms with Crippen LogP contribution in [0.2, 0.25) is 0 Å². The zero-order valence-electron chi connectivity index (χ0n) is 13.3. The largest absolute Gasteiger partial charge is 0.416 e. The fourth-order valence-electron chi connectivity index (χ4n) is 2.36. The minimum Gasteiger partial charge on any atom is -0.305 e. The molecule has 0 spiro atoms. The fourth-order valence-corrected chi connectivity index (χ4v) is 2.36. The fraction of sp³-hybridized carbons (Fsp3) is 0.111. The summed E-state index contributed by atoms with van der Waals surface area (Å²) >= 11 is 0. The Labute approximate surface area is 146 Å². The minimum absolute atomic E-state index is 0.125. The smallest absolute Gasteiger partial charge is 0.305 e. The Morgan fingerprint density at radius 2 is 1.85 bits per heavy atom. The van der Waals surface area contributed by atoms with E-state index in [1.165, 1.54) is 35.0 Å². The second-order valence-corrected chi connectivity index (χ2v) is 5.56. The van der Waals surface area contributed by atoms with Gasteiger partial charge in [0, 0.05) is 17.8 Å². The van der Waals surface area contributed by atoms with Crippen LogP contribution in [-0.4, -0.2) is 15.7 Å². The molecule has 0 fully saturated rings. The molecule has 3 rings (SSSR count). The van der Waals surface area contributed by atoms with Crippen molar-refractivity contribution in [2.75, 3.05) is 5.32 Å². The summed E-state index contributed by atoms with van der Waals surface area (Å²) in [5, 5.41) is 6.55. The van der Waals surface area contributed by atoms with Crippen LogP contribution in [0.25, 0.3) is 0 Å². The molecule has 0 aliphatic heterocycles. The van der Waals surface area contributed by atoms with Crippen LogP contribution in [-0.2, 0) is 12.7 Å². The van der Waals surface area contributed by atoms with Crippen molar-refractivity contribution < 1.29 is 22.4 Å². The molecule has 0 unspecified atom stereocenters. The average molecular weight is 363 g/mol. The van der Waals surface area contributed by atoms with Crippen molar-refractivity contribution >= 4 is 11.7 Å². The van der Waals surface area contributed by atoms with Gasteiger partial charge in [0.15, 0.2) is 5.82 Å². The van der Waals surface area contributed by atoms with E-state index in [1.807, 2.05) is 0 Å². The lowest BCUT2D eigenvalue weighted by Crippen LogP contribution is -2.14. The van der Waals surface area contributed by atoms with Crippen molar-refractivity contribution in [3.8, 4) is 0 Å². The molecule has 8 heteroatoms. The summed E-state index contributed by atoms with van der Waals surface area (Å²) in [6, 6.07) is 11.6. The highest BCUT2D eigenvalue weighted by Gasteiger charge is 2.30. The van der Waals surface area contributed by atoms with Crippen molar-refractivity contribution in [1.29, 1.82) is 0 Å². The first kappa shape index (κ1) is 17.7. The van der Waals surface area contributed by atoms with Gasteiger partial charge in [-0.05, 0) is 35.9 Å². The number of alkyl halides is 3. The normalized spacial score (nSPS) is 11.4. The topological polar surface area (TPSA) is 46.9 Å². The summed E-state index contributed by atoms with van der Waals surface area (Å²) in [5.74, 6) is -0.886. The number of nitrogens with one attached hydrogen (secondary N) is 1. The number of hydrogen-bond donors (Lipinski definition) is 1. The van der Waals surface area contributed by atoms with E-state index in [-0.39, 0.29) is 23.7 Å². The number of benzene rings is 2. The molecule has 0 atom stereocenters. The van der Waals surface area contributed by atoms with Gasteiger partial charge in [0.25, 0.3) is 5.91 Å². The standard InChI is InChI=1S/C18H13F4N3O/c19-15-6-1-3-12(9-15)11-25-8-7-16(24-25)23-17(26)13-4-2-5-14(10-13)18(20,21)22/h1-10H,11H2,(H,23,24,26). The maximum atomic E-state index is 13.2. The Morgan fingerprint density at radius 1 is 1.08 bits per heavy atom. The number of anilines is 1. The highest BCUT2D eigenvalue weighted by atomic mass is 19.4. The van der Waals surface area contributed by atoms with Gasteiger partial charge in [-0.1, -0.05) is 18.2 Å². The lowest BCUT2D eigenvalue weighted by molar-refractivity contribution is -0.137. The van der Waals surface area contributed by atoms with Crippen molar-refractivity contribution in [3.05, 3.63) is 83.3 Å². The van der Waals surface area contributed by atoms with Gasteiger partial charge in [-0.3, -0.25) is 9.48 Å². The maximum Gasteiger partial charge on any atom is 0.416 e. The Morgan fingerprint density at radius 3 is 2.58 bits per heavy atom. The lowest BCUT2D eigenvalue weighted by atomic mass is 10.1. The molecule has 26 heavy (non-hydrogen) atoms. The molecule has 2 aromatic carbocycles. The van der Waals surface area contributed by atoms with E-state index < -0.39 is 17.6 Å². The van der Waals surface area contributed by atoms with Crippen molar-refractivity contribution in [2.24, 2.45) is 0 Å². The Hall–Kier alpha value is -3.16. The average Bonchev–Trinajstić information content (AvgIpc) is 3.01. The summed E-state index contributed by atoms with van der Waals surface area (Å²) in [5.41, 5.74) is -0.342. The third-order valence-corrected chi connectivity index (χ3v) is 3.57. The highest BCUT2D eigenvalue weighted by Crippen LogP contribution is 2.29. The van der Waals surface area contributed by atoms with E-state index in [0.29, 0.717) is 5.56 Å². The van der Waals surface area contributed by atoms with E-state index in [9.17, 15) is 22.4 Å². The van der Waals surface area contributed by atoms with Gasteiger partial charge in [0.1, 0.15) is 5.82 Å². The zero-order valence-corrected chi connectivity index (χ0v) is 13.3. The molecule has 0 saturated carbocycles. The Balaban J connectivity index is 1.70. The molecular formula is C18H13F4N3O. The molecule has 4 nitrogen and oxygen atoms in total. The first-order valence-electron chi connectivity index (χ1n) is 7.58. The monoisotopic (exact) mass is 363 g/mol. The van der Waals surface area contributed by atoms with Crippen LogP contribution in [0.3, 0.4) is 0 Å². The molecule has 0 bridgehead atoms. The van der Waals surface area contributed by atoms with Crippen LogP contribution in [0, 0.1) is 5.82 Å². The summed E-state index contributed by atoms with van der Waals surface area (Å²) in [6.45, 7) is 0.289. The number of aromatic nitrogens is 2. The van der Waals surface area contributed by atoms with E-state index in [4.69, 9.17) is 0 Å². The van der Waals surface area contributed by atoms with Crippen LogP contribution < -0.4 is 5.32 Å². The lowest BCUT2D eigenvalue weighted by Gasteiger charge is -2.08. The summed E-state index contributed by atoms with van der Waals surface area (Å²) in [7, 11) is 0. The molecule has 0 aliphatic rings. The van der Waals surface area contributed by atoms with E-state index in [0.717, 1.165) is 12.1 Å². The number of hydrogen-bond acceptors (Lipinski definition) is 2. The molecule has 1 amide bonds. The highest BCUT2D eigenvalue weighted by molar-refractivity contribution is 6.03. The SMILES string of the molecule is O=C(Nc1ccn(Cc2cccc(F)c2)n1)c1cccc(C(F)(F)F)c1. The van der Waals surface area contributed by atoms with Gasteiger partial charge >= 0.3 is 6.18 Å². The molecule has 134 valence electrons. The number of rotatable bonds is 4. The molecule has 1 N–H and O–H groups in total. The molecule has 0 saturated heterocycles. The van der Waals surface area contributed by atoms with Gasteiger partial charge in [-0.25, -0.2) is 4.39 Å². The molecule has 3 aromatic rings. The van der Waals surface area contributed by atoms with Crippen molar-refractivity contribution in [3.63, 3.8) is 0 Å². The molecule has 0 radical (unpaired) electrons. The zero-order chi connectivity index (χ0) is 18.7. The molecule has 0 aliphatic carbocycles. The first-order valence-corrected chi connectivity index (χ1v) is 7.58. The van der Waals surface area contributed by atoms with Crippen LogP contribution in [0.4, 0.5) is 23.4 Å². The Bertz CT molecular complexity index is 934. The third kappa shape index (κ3) is 4.27. The number of halogens is 4. The van der Waals surface area contributed by atoms with Crippen LogP contribution in [0.5, 0.6) is 0 Å². The number of amides is 1. The third-order valence-electron chi connectivity index (χ3n) is 3.57. The summed E-state index contributed by atoms with van der Waals surface area (Å²) in [4.78, 5) is 12.1. The van der Waals surface area contributed by atoms with Gasteiger partial charge < -0.3 is 5.32 Å². The van der Waals surface area contributed by atoms with Gasteiger partial charge in [0.05, 0.1) is 12.1 Å². The predicted molar refractivity (Wildman–Crippen MR) is 87.1 cm³/mol. The maximum absolute atomic E-state index is 13.2. The summed E-state index contributed by atoms with van der Waals surface area (Å²) in [6.07, 6.45) is -2.95. The Kier molecular flexibility index (Phi) is 4.75. The predicted octanol–water partition coefficient (Wildman–Crippen LogP) is 4.34. The van der Waals surface area contributed by atoms with E-state index in [2.05, 4.69) is 10.4 Å².